The summed E-state index contributed by atoms with van der Waals surface area (Å²) in [7, 11) is 0. The second-order valence-electron chi connectivity index (χ2n) is 4.55. The second kappa shape index (κ2) is 6.32. The molecule has 100 valence electrons. The molecule has 0 aromatic heterocycles. The third-order valence-corrected chi connectivity index (χ3v) is 3.34. The molecule has 1 aliphatic rings. The van der Waals surface area contributed by atoms with E-state index in [9.17, 15) is 4.79 Å². The Morgan fingerprint density at radius 1 is 1.21 bits per heavy atom. The first-order valence-corrected chi connectivity index (χ1v) is 6.37. The van der Waals surface area contributed by atoms with Crippen LogP contribution in [0.1, 0.15) is 15.9 Å². The number of rotatable bonds is 3. The van der Waals surface area contributed by atoms with E-state index in [-0.39, 0.29) is 12.5 Å². The zero-order valence-corrected chi connectivity index (χ0v) is 10.7. The van der Waals surface area contributed by atoms with E-state index in [4.69, 9.17) is 10.4 Å². The standard InChI is InChI=1S/C14H17N3O2/c15-11-12-1-3-13(4-2-12)14(19)17-7-5-16(6-8-17)9-10-18/h1-4,18H,5-10H2. The Morgan fingerprint density at radius 2 is 1.84 bits per heavy atom. The number of carbonyl (C=O) groups excluding carboxylic acids is 1. The van der Waals surface area contributed by atoms with Crippen LogP contribution in [-0.2, 0) is 0 Å². The highest BCUT2D eigenvalue weighted by Gasteiger charge is 2.21. The number of hydrogen-bond acceptors (Lipinski definition) is 4. The van der Waals surface area contributed by atoms with Crippen LogP contribution in [-0.4, -0.2) is 60.1 Å². The largest absolute Gasteiger partial charge is 0.395 e. The molecule has 5 nitrogen and oxygen atoms in total. The highest BCUT2D eigenvalue weighted by Crippen LogP contribution is 2.10. The summed E-state index contributed by atoms with van der Waals surface area (Å²) in [5, 5.41) is 17.6. The maximum Gasteiger partial charge on any atom is 0.253 e. The van der Waals surface area contributed by atoms with Crippen LogP contribution >= 0.6 is 0 Å². The summed E-state index contributed by atoms with van der Waals surface area (Å²) in [6.07, 6.45) is 0. The molecule has 1 aromatic carbocycles. The van der Waals surface area contributed by atoms with Crippen molar-refractivity contribution in [2.45, 2.75) is 0 Å². The van der Waals surface area contributed by atoms with Gasteiger partial charge < -0.3 is 10.0 Å². The number of amides is 1. The molecular formula is C14H17N3O2. The van der Waals surface area contributed by atoms with Crippen LogP contribution in [0.2, 0.25) is 0 Å². The van der Waals surface area contributed by atoms with Crippen LogP contribution in [0.3, 0.4) is 0 Å². The molecule has 0 spiro atoms. The molecule has 5 heteroatoms. The third kappa shape index (κ3) is 3.31. The average Bonchev–Trinajstić information content (AvgIpc) is 2.48. The molecule has 1 heterocycles. The minimum Gasteiger partial charge on any atom is -0.395 e. The molecule has 2 rings (SSSR count). The maximum atomic E-state index is 12.2. The summed E-state index contributed by atoms with van der Waals surface area (Å²) >= 11 is 0. The topological polar surface area (TPSA) is 67.6 Å². The highest BCUT2D eigenvalue weighted by molar-refractivity contribution is 5.94. The van der Waals surface area contributed by atoms with E-state index < -0.39 is 0 Å². The fraction of sp³-hybridized carbons (Fsp3) is 0.429. The van der Waals surface area contributed by atoms with E-state index in [2.05, 4.69) is 4.90 Å². The predicted octanol–water partition coefficient (Wildman–Crippen LogP) is 0.308. The molecule has 1 amide bonds. The Morgan fingerprint density at radius 3 is 2.37 bits per heavy atom. The van der Waals surface area contributed by atoms with Crippen molar-refractivity contribution in [3.63, 3.8) is 0 Å². The third-order valence-electron chi connectivity index (χ3n) is 3.34. The predicted molar refractivity (Wildman–Crippen MR) is 70.6 cm³/mol. The van der Waals surface area contributed by atoms with Gasteiger partial charge in [-0.1, -0.05) is 0 Å². The quantitative estimate of drug-likeness (QED) is 0.848. The van der Waals surface area contributed by atoms with Gasteiger partial charge in [0.25, 0.3) is 5.91 Å². The highest BCUT2D eigenvalue weighted by atomic mass is 16.3. The van der Waals surface area contributed by atoms with Gasteiger partial charge >= 0.3 is 0 Å². The lowest BCUT2D eigenvalue weighted by Gasteiger charge is -2.34. The van der Waals surface area contributed by atoms with Gasteiger partial charge in [0.1, 0.15) is 0 Å². The van der Waals surface area contributed by atoms with Crippen molar-refractivity contribution in [3.8, 4) is 6.07 Å². The maximum absolute atomic E-state index is 12.2. The van der Waals surface area contributed by atoms with Gasteiger partial charge in [-0.15, -0.1) is 0 Å². The van der Waals surface area contributed by atoms with Gasteiger partial charge in [0.15, 0.2) is 0 Å². The van der Waals surface area contributed by atoms with Crippen LogP contribution in [0.5, 0.6) is 0 Å². The number of hydrogen-bond donors (Lipinski definition) is 1. The van der Waals surface area contributed by atoms with Crippen LogP contribution < -0.4 is 0 Å². The minimum atomic E-state index is 0.00754. The van der Waals surface area contributed by atoms with E-state index in [1.165, 1.54) is 0 Å². The Hall–Kier alpha value is -1.90. The zero-order valence-electron chi connectivity index (χ0n) is 10.7. The smallest absolute Gasteiger partial charge is 0.253 e. The monoisotopic (exact) mass is 259 g/mol. The van der Waals surface area contributed by atoms with Gasteiger partial charge in [-0.25, -0.2) is 0 Å². The van der Waals surface area contributed by atoms with Crippen LogP contribution in [0.15, 0.2) is 24.3 Å². The average molecular weight is 259 g/mol. The summed E-state index contributed by atoms with van der Waals surface area (Å²) in [4.78, 5) is 16.2. The molecule has 1 fully saturated rings. The number of aliphatic hydroxyl groups is 1. The van der Waals surface area contributed by atoms with E-state index in [1.807, 2.05) is 11.0 Å². The molecule has 0 atom stereocenters. The summed E-state index contributed by atoms with van der Waals surface area (Å²) in [5.74, 6) is 0.00754. The van der Waals surface area contributed by atoms with E-state index in [0.717, 1.165) is 13.1 Å². The summed E-state index contributed by atoms with van der Waals surface area (Å²) in [6, 6.07) is 8.75. The van der Waals surface area contributed by atoms with Crippen molar-refractivity contribution >= 4 is 5.91 Å². The zero-order chi connectivity index (χ0) is 13.7. The molecule has 1 N–H and O–H groups in total. The first-order chi connectivity index (χ1) is 9.24. The van der Waals surface area contributed by atoms with Crippen LogP contribution in [0.25, 0.3) is 0 Å². The molecule has 0 radical (unpaired) electrons. The number of aliphatic hydroxyl groups excluding tert-OH is 1. The lowest BCUT2D eigenvalue weighted by molar-refractivity contribution is 0.0615. The summed E-state index contributed by atoms with van der Waals surface area (Å²) < 4.78 is 0. The van der Waals surface area contributed by atoms with Gasteiger partial charge in [-0.2, -0.15) is 5.26 Å². The van der Waals surface area contributed by atoms with E-state index >= 15 is 0 Å². The summed E-state index contributed by atoms with van der Waals surface area (Å²) in [6.45, 7) is 3.77. The number of piperazine rings is 1. The van der Waals surface area contributed by atoms with Crippen molar-refractivity contribution in [1.82, 2.24) is 9.80 Å². The lowest BCUT2D eigenvalue weighted by atomic mass is 10.1. The van der Waals surface area contributed by atoms with E-state index in [0.29, 0.717) is 30.8 Å². The number of β-amino-alcohol motifs (C(OH)–C–C–N with tert-alkyl or cyclic N) is 1. The Bertz CT molecular complexity index is 470. The van der Waals surface area contributed by atoms with Gasteiger partial charge in [-0.3, -0.25) is 9.69 Å². The van der Waals surface area contributed by atoms with Crippen molar-refractivity contribution in [1.29, 1.82) is 5.26 Å². The number of nitriles is 1. The lowest BCUT2D eigenvalue weighted by Crippen LogP contribution is -2.49. The molecule has 0 saturated carbocycles. The summed E-state index contributed by atoms with van der Waals surface area (Å²) in [5.41, 5.74) is 1.18. The SMILES string of the molecule is N#Cc1ccc(C(=O)N2CCN(CCO)CC2)cc1. The molecule has 1 saturated heterocycles. The molecule has 0 bridgehead atoms. The number of benzene rings is 1. The van der Waals surface area contributed by atoms with Gasteiger partial charge in [0, 0.05) is 38.3 Å². The Kier molecular flexibility index (Phi) is 4.50. The van der Waals surface area contributed by atoms with Crippen molar-refractivity contribution in [2.75, 3.05) is 39.3 Å². The molecule has 0 aliphatic carbocycles. The molecule has 19 heavy (non-hydrogen) atoms. The first kappa shape index (κ1) is 13.5. The molecule has 1 aliphatic heterocycles. The van der Waals surface area contributed by atoms with E-state index in [1.54, 1.807) is 24.3 Å². The first-order valence-electron chi connectivity index (χ1n) is 6.37. The number of nitrogens with zero attached hydrogens (tertiary/aromatic N) is 3. The normalized spacial score (nSPS) is 16.1. The van der Waals surface area contributed by atoms with Crippen molar-refractivity contribution in [3.05, 3.63) is 35.4 Å². The van der Waals surface area contributed by atoms with Gasteiger partial charge in [0.2, 0.25) is 0 Å². The Labute approximate surface area is 112 Å². The fourth-order valence-electron chi connectivity index (χ4n) is 2.19. The second-order valence-corrected chi connectivity index (χ2v) is 4.55. The van der Waals surface area contributed by atoms with Crippen LogP contribution in [0.4, 0.5) is 0 Å². The van der Waals surface area contributed by atoms with Gasteiger partial charge in [-0.05, 0) is 24.3 Å². The van der Waals surface area contributed by atoms with Crippen LogP contribution in [0, 0.1) is 11.3 Å². The number of carbonyl (C=O) groups is 1. The van der Waals surface area contributed by atoms with Crippen molar-refractivity contribution in [2.24, 2.45) is 0 Å². The minimum absolute atomic E-state index is 0.00754. The Balaban J connectivity index is 1.95. The molecule has 0 unspecified atom stereocenters. The van der Waals surface area contributed by atoms with Crippen molar-refractivity contribution < 1.29 is 9.90 Å². The molecule has 1 aromatic rings. The fourth-order valence-corrected chi connectivity index (χ4v) is 2.19. The molecular weight excluding hydrogens is 242 g/mol. The van der Waals surface area contributed by atoms with Gasteiger partial charge in [0.05, 0.1) is 18.2 Å².